The van der Waals surface area contributed by atoms with Gasteiger partial charge in [0.2, 0.25) is 0 Å². The summed E-state index contributed by atoms with van der Waals surface area (Å²) in [7, 11) is 2.01. The van der Waals surface area contributed by atoms with E-state index >= 15 is 0 Å². The van der Waals surface area contributed by atoms with E-state index in [2.05, 4.69) is 46.5 Å². The molecule has 1 atom stereocenters. The van der Waals surface area contributed by atoms with Gasteiger partial charge in [0.15, 0.2) is 0 Å². The van der Waals surface area contributed by atoms with E-state index in [-0.39, 0.29) is 0 Å². The van der Waals surface area contributed by atoms with Gasteiger partial charge in [-0.3, -0.25) is 0 Å². The molecule has 12 heavy (non-hydrogen) atoms. The summed E-state index contributed by atoms with van der Waals surface area (Å²) in [4.78, 5) is 1.40. The smallest absolute Gasteiger partial charge is 0.0447 e. The first-order valence-electron chi connectivity index (χ1n) is 4.07. The lowest BCUT2D eigenvalue weighted by atomic mass is 10.0. The molecular formula is C9H14BrNS. The molecule has 1 N–H and O–H groups in total. The van der Waals surface area contributed by atoms with Crippen molar-refractivity contribution < 1.29 is 0 Å². The zero-order valence-electron chi connectivity index (χ0n) is 7.60. The Labute approximate surface area is 86.3 Å². The molecule has 0 spiro atoms. The predicted molar refractivity (Wildman–Crippen MR) is 58.7 cm³/mol. The highest BCUT2D eigenvalue weighted by Crippen LogP contribution is 2.32. The molecule has 1 aromatic rings. The summed E-state index contributed by atoms with van der Waals surface area (Å²) in [6.07, 6.45) is 0. The van der Waals surface area contributed by atoms with E-state index in [1.54, 1.807) is 11.3 Å². The van der Waals surface area contributed by atoms with Crippen LogP contribution in [-0.2, 0) is 0 Å². The van der Waals surface area contributed by atoms with Crippen molar-refractivity contribution in [2.75, 3.05) is 7.05 Å². The van der Waals surface area contributed by atoms with Gasteiger partial charge < -0.3 is 5.32 Å². The van der Waals surface area contributed by atoms with Gasteiger partial charge >= 0.3 is 0 Å². The van der Waals surface area contributed by atoms with Crippen molar-refractivity contribution in [3.05, 3.63) is 20.8 Å². The van der Waals surface area contributed by atoms with E-state index in [0.29, 0.717) is 12.0 Å². The van der Waals surface area contributed by atoms with E-state index in [1.807, 2.05) is 7.05 Å². The van der Waals surface area contributed by atoms with Crippen LogP contribution < -0.4 is 5.32 Å². The Morgan fingerprint density at radius 2 is 2.17 bits per heavy atom. The molecule has 1 nitrogen and oxygen atoms in total. The van der Waals surface area contributed by atoms with Crippen molar-refractivity contribution in [3.63, 3.8) is 0 Å². The molecule has 0 saturated heterocycles. The summed E-state index contributed by atoms with van der Waals surface area (Å²) in [5, 5.41) is 5.44. The van der Waals surface area contributed by atoms with Crippen LogP contribution in [0.2, 0.25) is 0 Å². The van der Waals surface area contributed by atoms with Crippen LogP contribution in [0.1, 0.15) is 24.8 Å². The predicted octanol–water partition coefficient (Wildman–Crippen LogP) is 3.43. The van der Waals surface area contributed by atoms with Crippen molar-refractivity contribution in [1.29, 1.82) is 0 Å². The van der Waals surface area contributed by atoms with E-state index < -0.39 is 0 Å². The van der Waals surface area contributed by atoms with Crippen LogP contribution in [-0.4, -0.2) is 7.05 Å². The van der Waals surface area contributed by atoms with Crippen LogP contribution in [0, 0.1) is 5.92 Å². The maximum absolute atomic E-state index is 3.55. The molecule has 0 aliphatic heterocycles. The molecule has 1 aromatic heterocycles. The van der Waals surface area contributed by atoms with Gasteiger partial charge in [-0.2, -0.15) is 0 Å². The molecule has 1 rings (SSSR count). The van der Waals surface area contributed by atoms with Gasteiger partial charge in [-0.15, -0.1) is 11.3 Å². The molecule has 68 valence electrons. The molecule has 0 aliphatic rings. The van der Waals surface area contributed by atoms with Gasteiger partial charge in [-0.25, -0.2) is 0 Å². The Morgan fingerprint density at radius 1 is 1.50 bits per heavy atom. The Morgan fingerprint density at radius 3 is 2.50 bits per heavy atom. The molecule has 0 aliphatic carbocycles. The highest BCUT2D eigenvalue weighted by atomic mass is 79.9. The number of nitrogens with one attached hydrogen (secondary N) is 1. The molecular weight excluding hydrogens is 234 g/mol. The van der Waals surface area contributed by atoms with E-state index in [4.69, 9.17) is 0 Å². The average molecular weight is 248 g/mol. The highest BCUT2D eigenvalue weighted by Gasteiger charge is 2.16. The Bertz CT molecular complexity index is 244. The SMILES string of the molecule is CNC(c1sccc1Br)C(C)C. The minimum Gasteiger partial charge on any atom is -0.312 e. The highest BCUT2D eigenvalue weighted by molar-refractivity contribution is 9.10. The Balaban J connectivity index is 2.87. The summed E-state index contributed by atoms with van der Waals surface area (Å²) in [6.45, 7) is 4.46. The van der Waals surface area contributed by atoms with Gasteiger partial charge in [0.25, 0.3) is 0 Å². The maximum atomic E-state index is 3.55. The van der Waals surface area contributed by atoms with Crippen LogP contribution in [0.15, 0.2) is 15.9 Å². The van der Waals surface area contributed by atoms with Crippen LogP contribution >= 0.6 is 27.3 Å². The Kier molecular flexibility index (Phi) is 3.75. The Hall–Kier alpha value is 0.140. The fourth-order valence-corrected chi connectivity index (χ4v) is 3.20. The molecule has 0 bridgehead atoms. The second-order valence-electron chi connectivity index (χ2n) is 3.14. The summed E-state index contributed by atoms with van der Waals surface area (Å²) < 4.78 is 1.22. The first kappa shape index (κ1) is 10.2. The monoisotopic (exact) mass is 247 g/mol. The van der Waals surface area contributed by atoms with Gasteiger partial charge in [-0.1, -0.05) is 13.8 Å². The third-order valence-electron chi connectivity index (χ3n) is 1.90. The largest absolute Gasteiger partial charge is 0.312 e. The maximum Gasteiger partial charge on any atom is 0.0447 e. The van der Waals surface area contributed by atoms with Crippen molar-refractivity contribution in [1.82, 2.24) is 5.32 Å². The summed E-state index contributed by atoms with van der Waals surface area (Å²) in [6, 6.07) is 2.58. The van der Waals surface area contributed by atoms with E-state index in [9.17, 15) is 0 Å². The normalized spacial score (nSPS) is 13.8. The van der Waals surface area contributed by atoms with Gasteiger partial charge in [0.05, 0.1) is 0 Å². The molecule has 3 heteroatoms. The number of hydrogen-bond donors (Lipinski definition) is 1. The van der Waals surface area contributed by atoms with Crippen LogP contribution in [0.25, 0.3) is 0 Å². The average Bonchev–Trinajstić information content (AvgIpc) is 2.38. The molecule has 0 fully saturated rings. The molecule has 0 aromatic carbocycles. The number of halogens is 1. The summed E-state index contributed by atoms with van der Waals surface area (Å²) >= 11 is 5.35. The summed E-state index contributed by atoms with van der Waals surface area (Å²) in [5.41, 5.74) is 0. The second kappa shape index (κ2) is 4.40. The number of hydrogen-bond acceptors (Lipinski definition) is 2. The third-order valence-corrected chi connectivity index (χ3v) is 3.86. The quantitative estimate of drug-likeness (QED) is 0.864. The van der Waals surface area contributed by atoms with Gasteiger partial charge in [-0.05, 0) is 40.3 Å². The minimum absolute atomic E-state index is 0.472. The molecule has 0 amide bonds. The summed E-state index contributed by atoms with van der Waals surface area (Å²) in [5.74, 6) is 0.630. The van der Waals surface area contributed by atoms with Crippen molar-refractivity contribution >= 4 is 27.3 Å². The van der Waals surface area contributed by atoms with Crippen LogP contribution in [0.3, 0.4) is 0 Å². The second-order valence-corrected chi connectivity index (χ2v) is 4.95. The van der Waals surface area contributed by atoms with E-state index in [1.165, 1.54) is 9.35 Å². The lowest BCUT2D eigenvalue weighted by molar-refractivity contribution is 0.448. The lowest BCUT2D eigenvalue weighted by Crippen LogP contribution is -2.20. The fourth-order valence-electron chi connectivity index (χ4n) is 1.29. The number of thiophene rings is 1. The van der Waals surface area contributed by atoms with Crippen molar-refractivity contribution in [2.24, 2.45) is 5.92 Å². The fraction of sp³-hybridized carbons (Fsp3) is 0.556. The number of rotatable bonds is 3. The first-order chi connectivity index (χ1) is 5.66. The zero-order chi connectivity index (χ0) is 9.14. The molecule has 0 radical (unpaired) electrons. The van der Waals surface area contributed by atoms with E-state index in [0.717, 1.165) is 0 Å². The molecule has 1 heterocycles. The first-order valence-corrected chi connectivity index (χ1v) is 5.74. The van der Waals surface area contributed by atoms with Crippen LogP contribution in [0.4, 0.5) is 0 Å². The topological polar surface area (TPSA) is 12.0 Å². The zero-order valence-corrected chi connectivity index (χ0v) is 10.00. The third kappa shape index (κ3) is 2.09. The van der Waals surface area contributed by atoms with Gasteiger partial charge in [0.1, 0.15) is 0 Å². The van der Waals surface area contributed by atoms with Crippen LogP contribution in [0.5, 0.6) is 0 Å². The van der Waals surface area contributed by atoms with Crippen molar-refractivity contribution in [3.8, 4) is 0 Å². The van der Waals surface area contributed by atoms with Gasteiger partial charge in [0, 0.05) is 15.4 Å². The molecule has 0 saturated carbocycles. The lowest BCUT2D eigenvalue weighted by Gasteiger charge is -2.19. The minimum atomic E-state index is 0.472. The standard InChI is InChI=1S/C9H14BrNS/c1-6(2)8(11-3)9-7(10)4-5-12-9/h4-6,8,11H,1-3H3. The molecule has 1 unspecified atom stereocenters. The van der Waals surface area contributed by atoms with Crippen molar-refractivity contribution in [2.45, 2.75) is 19.9 Å².